The van der Waals surface area contributed by atoms with Crippen LogP contribution in [0.2, 0.25) is 0 Å². The summed E-state index contributed by atoms with van der Waals surface area (Å²) in [6, 6.07) is 4.62. The van der Waals surface area contributed by atoms with Crippen LogP contribution in [0.25, 0.3) is 0 Å². The van der Waals surface area contributed by atoms with Crippen LogP contribution >= 0.6 is 0 Å². The molecule has 1 atom stereocenters. The molecule has 1 heterocycles. The van der Waals surface area contributed by atoms with E-state index in [1.165, 1.54) is 6.07 Å². The van der Waals surface area contributed by atoms with E-state index in [2.05, 4.69) is 16.7 Å². The molecule has 4 nitrogen and oxygen atoms in total. The van der Waals surface area contributed by atoms with Crippen molar-refractivity contribution in [3.05, 3.63) is 35.1 Å². The van der Waals surface area contributed by atoms with E-state index in [0.717, 1.165) is 5.56 Å². The Morgan fingerprint density at radius 2 is 2.24 bits per heavy atom. The van der Waals surface area contributed by atoms with Crippen molar-refractivity contribution in [3.8, 4) is 11.8 Å². The molecule has 0 bridgehead atoms. The lowest BCUT2D eigenvalue weighted by Gasteiger charge is -2.33. The zero-order valence-corrected chi connectivity index (χ0v) is 12.7. The van der Waals surface area contributed by atoms with E-state index >= 15 is 0 Å². The van der Waals surface area contributed by atoms with Crippen LogP contribution < -0.4 is 0 Å². The Hall–Kier alpha value is -1.42. The second-order valence-electron chi connectivity index (χ2n) is 5.21. The van der Waals surface area contributed by atoms with Crippen molar-refractivity contribution < 1.29 is 17.9 Å². The van der Waals surface area contributed by atoms with Gasteiger partial charge in [-0.2, -0.15) is 0 Å². The number of aliphatic hydroxyl groups is 1. The van der Waals surface area contributed by atoms with Gasteiger partial charge in [0.25, 0.3) is 0 Å². The minimum Gasteiger partial charge on any atom is -0.384 e. The molecule has 21 heavy (non-hydrogen) atoms. The summed E-state index contributed by atoms with van der Waals surface area (Å²) in [5.74, 6) is 4.90. The van der Waals surface area contributed by atoms with Crippen LogP contribution in [-0.2, 0) is 16.4 Å². The zero-order valence-electron chi connectivity index (χ0n) is 11.8. The molecule has 6 heteroatoms. The number of hydrogen-bond acceptors (Lipinski definition) is 4. The van der Waals surface area contributed by atoms with Gasteiger partial charge in [0.05, 0.1) is 17.1 Å². The Morgan fingerprint density at radius 1 is 1.48 bits per heavy atom. The Bertz CT molecular complexity index is 676. The number of sulfone groups is 1. The minimum atomic E-state index is -2.94. The molecule has 1 unspecified atom stereocenters. The molecule has 1 saturated heterocycles. The SMILES string of the molecule is CC1CS(=O)(=O)CCN1Cc1ccc(F)c(C#CCO)c1. The Balaban J connectivity index is 2.13. The van der Waals surface area contributed by atoms with Gasteiger partial charge >= 0.3 is 0 Å². The third-order valence-corrected chi connectivity index (χ3v) is 5.32. The van der Waals surface area contributed by atoms with Gasteiger partial charge in [-0.15, -0.1) is 0 Å². The van der Waals surface area contributed by atoms with Crippen molar-refractivity contribution >= 4 is 9.84 Å². The lowest BCUT2D eigenvalue weighted by molar-refractivity contribution is 0.218. The number of nitrogens with zero attached hydrogens (tertiary/aromatic N) is 1. The van der Waals surface area contributed by atoms with Crippen LogP contribution in [0.15, 0.2) is 18.2 Å². The van der Waals surface area contributed by atoms with Gasteiger partial charge < -0.3 is 5.11 Å². The van der Waals surface area contributed by atoms with E-state index in [4.69, 9.17) is 5.11 Å². The number of hydrogen-bond donors (Lipinski definition) is 1. The van der Waals surface area contributed by atoms with Crippen molar-refractivity contribution in [2.75, 3.05) is 24.7 Å². The van der Waals surface area contributed by atoms with Gasteiger partial charge in [0, 0.05) is 19.1 Å². The fraction of sp³-hybridized carbons (Fsp3) is 0.467. The highest BCUT2D eigenvalue weighted by atomic mass is 32.2. The Labute approximate surface area is 124 Å². The normalized spacial score (nSPS) is 21.6. The third kappa shape index (κ3) is 4.27. The number of rotatable bonds is 2. The number of aliphatic hydroxyl groups excluding tert-OH is 1. The van der Waals surface area contributed by atoms with E-state index in [0.29, 0.717) is 13.1 Å². The van der Waals surface area contributed by atoms with E-state index in [1.807, 2.05) is 6.92 Å². The number of benzene rings is 1. The lowest BCUT2D eigenvalue weighted by Crippen LogP contribution is -2.46. The van der Waals surface area contributed by atoms with E-state index in [1.54, 1.807) is 12.1 Å². The molecule has 114 valence electrons. The third-order valence-electron chi connectivity index (χ3n) is 3.53. The second kappa shape index (κ2) is 6.56. The van der Waals surface area contributed by atoms with Crippen molar-refractivity contribution in [2.24, 2.45) is 0 Å². The first-order chi connectivity index (χ1) is 9.91. The quantitative estimate of drug-likeness (QED) is 0.821. The highest BCUT2D eigenvalue weighted by molar-refractivity contribution is 7.91. The molecule has 1 N–H and O–H groups in total. The molecule has 0 aromatic heterocycles. The fourth-order valence-electron chi connectivity index (χ4n) is 2.40. The molecular weight excluding hydrogens is 293 g/mol. The summed E-state index contributed by atoms with van der Waals surface area (Å²) in [7, 11) is -2.94. The first-order valence-corrected chi connectivity index (χ1v) is 8.56. The molecule has 1 fully saturated rings. The average molecular weight is 311 g/mol. The van der Waals surface area contributed by atoms with Crippen LogP contribution in [0, 0.1) is 17.7 Å². The summed E-state index contributed by atoms with van der Waals surface area (Å²) < 4.78 is 36.7. The van der Waals surface area contributed by atoms with Crippen molar-refractivity contribution in [1.82, 2.24) is 4.90 Å². The minimum absolute atomic E-state index is 0.0548. The molecule has 1 aliphatic heterocycles. The summed E-state index contributed by atoms with van der Waals surface area (Å²) in [6.07, 6.45) is 0. The number of halogens is 1. The molecule has 0 amide bonds. The highest BCUT2D eigenvalue weighted by Gasteiger charge is 2.27. The van der Waals surface area contributed by atoms with Gasteiger partial charge in [0.2, 0.25) is 0 Å². The van der Waals surface area contributed by atoms with Crippen LogP contribution in [0.5, 0.6) is 0 Å². The maximum absolute atomic E-state index is 13.6. The molecule has 1 aliphatic rings. The van der Waals surface area contributed by atoms with E-state index in [9.17, 15) is 12.8 Å². The van der Waals surface area contributed by atoms with Crippen molar-refractivity contribution in [3.63, 3.8) is 0 Å². The highest BCUT2D eigenvalue weighted by Crippen LogP contribution is 2.17. The maximum atomic E-state index is 13.6. The summed E-state index contributed by atoms with van der Waals surface area (Å²) in [5.41, 5.74) is 1.13. The predicted molar refractivity (Wildman–Crippen MR) is 78.9 cm³/mol. The van der Waals surface area contributed by atoms with Crippen LogP contribution in [0.1, 0.15) is 18.1 Å². The molecule has 2 rings (SSSR count). The maximum Gasteiger partial charge on any atom is 0.153 e. The average Bonchev–Trinajstić information content (AvgIpc) is 2.42. The van der Waals surface area contributed by atoms with Crippen LogP contribution in [0.3, 0.4) is 0 Å². The summed E-state index contributed by atoms with van der Waals surface area (Å²) in [5, 5.41) is 8.67. The second-order valence-corrected chi connectivity index (χ2v) is 7.44. The van der Waals surface area contributed by atoms with Gasteiger partial charge in [-0.3, -0.25) is 4.90 Å². The van der Waals surface area contributed by atoms with Gasteiger partial charge in [-0.05, 0) is 24.6 Å². The Morgan fingerprint density at radius 3 is 2.90 bits per heavy atom. The standard InChI is InChI=1S/C15H18FNO3S/c1-12-11-21(19,20)8-6-17(12)10-13-4-5-15(16)14(9-13)3-2-7-18/h4-5,9,12,18H,6-8,10-11H2,1H3. The first-order valence-electron chi connectivity index (χ1n) is 6.74. The fourth-order valence-corrected chi connectivity index (χ4v) is 4.03. The van der Waals surface area contributed by atoms with Crippen molar-refractivity contribution in [2.45, 2.75) is 19.5 Å². The monoisotopic (exact) mass is 311 g/mol. The largest absolute Gasteiger partial charge is 0.384 e. The molecule has 0 spiro atoms. The smallest absolute Gasteiger partial charge is 0.153 e. The molecule has 1 aromatic rings. The summed E-state index contributed by atoms with van der Waals surface area (Å²) >= 11 is 0. The first kappa shape index (κ1) is 16.0. The summed E-state index contributed by atoms with van der Waals surface area (Å²) in [4.78, 5) is 2.07. The van der Waals surface area contributed by atoms with E-state index < -0.39 is 15.7 Å². The van der Waals surface area contributed by atoms with Crippen molar-refractivity contribution in [1.29, 1.82) is 0 Å². The van der Waals surface area contributed by atoms with Crippen LogP contribution in [0.4, 0.5) is 4.39 Å². The van der Waals surface area contributed by atoms with Gasteiger partial charge in [0.1, 0.15) is 12.4 Å². The topological polar surface area (TPSA) is 57.6 Å². The summed E-state index contributed by atoms with van der Waals surface area (Å²) in [6.45, 7) is 2.61. The molecule has 0 radical (unpaired) electrons. The molecule has 0 aliphatic carbocycles. The predicted octanol–water partition coefficient (Wildman–Crippen LogP) is 0.788. The lowest BCUT2D eigenvalue weighted by atomic mass is 10.1. The Kier molecular flexibility index (Phi) is 4.99. The molecule has 0 saturated carbocycles. The zero-order chi connectivity index (χ0) is 15.5. The van der Waals surface area contributed by atoms with Gasteiger partial charge in [-0.25, -0.2) is 12.8 Å². The van der Waals surface area contributed by atoms with Gasteiger partial charge in [-0.1, -0.05) is 17.9 Å². The van der Waals surface area contributed by atoms with Gasteiger partial charge in [0.15, 0.2) is 9.84 Å². The van der Waals surface area contributed by atoms with E-state index in [-0.39, 0.29) is 29.7 Å². The van der Waals surface area contributed by atoms with Crippen LogP contribution in [-0.4, -0.2) is 49.1 Å². The molecule has 1 aromatic carbocycles. The molecular formula is C15H18FNO3S.